The van der Waals surface area contributed by atoms with Crippen LogP contribution < -0.4 is 10.0 Å². The van der Waals surface area contributed by atoms with Gasteiger partial charge in [0, 0.05) is 6.54 Å². The van der Waals surface area contributed by atoms with Crippen LogP contribution in [0.4, 0.5) is 0 Å². The van der Waals surface area contributed by atoms with Gasteiger partial charge in [-0.25, -0.2) is 8.42 Å². The molecule has 0 aliphatic carbocycles. The highest BCUT2D eigenvalue weighted by atomic mass is 32.2. The Hall–Kier alpha value is -3.22. The summed E-state index contributed by atoms with van der Waals surface area (Å²) < 4.78 is 28.1. The zero-order valence-electron chi connectivity index (χ0n) is 17.1. The summed E-state index contributed by atoms with van der Waals surface area (Å²) in [5.41, 5.74) is 1.93. The van der Waals surface area contributed by atoms with Gasteiger partial charge in [0.1, 0.15) is 6.04 Å². The summed E-state index contributed by atoms with van der Waals surface area (Å²) >= 11 is 0. The van der Waals surface area contributed by atoms with E-state index >= 15 is 0 Å². The number of rotatable bonds is 10. The second-order valence-corrected chi connectivity index (χ2v) is 8.71. The van der Waals surface area contributed by atoms with Crippen molar-refractivity contribution < 1.29 is 13.2 Å². The molecule has 6 heteroatoms. The first-order valence-electron chi connectivity index (χ1n) is 10.1. The second-order valence-electron chi connectivity index (χ2n) is 6.99. The van der Waals surface area contributed by atoms with Crippen molar-refractivity contribution in [3.05, 3.63) is 108 Å². The quantitative estimate of drug-likeness (QED) is 0.480. The third-order valence-corrected chi connectivity index (χ3v) is 6.10. The molecule has 0 fully saturated rings. The van der Waals surface area contributed by atoms with Crippen LogP contribution in [0.15, 0.2) is 95.9 Å². The van der Waals surface area contributed by atoms with Gasteiger partial charge in [-0.2, -0.15) is 4.72 Å². The van der Waals surface area contributed by atoms with Gasteiger partial charge in [-0.1, -0.05) is 84.9 Å². The molecule has 0 aromatic heterocycles. The van der Waals surface area contributed by atoms with Gasteiger partial charge in [0.15, 0.2) is 0 Å². The lowest BCUT2D eigenvalue weighted by Gasteiger charge is -2.18. The molecule has 31 heavy (non-hydrogen) atoms. The van der Waals surface area contributed by atoms with E-state index in [-0.39, 0.29) is 17.2 Å². The predicted octanol–water partition coefficient (Wildman–Crippen LogP) is 3.60. The molecule has 2 N–H and O–H groups in total. The van der Waals surface area contributed by atoms with E-state index in [4.69, 9.17) is 0 Å². The van der Waals surface area contributed by atoms with E-state index in [9.17, 15) is 13.2 Å². The third-order valence-electron chi connectivity index (χ3n) is 4.61. The SMILES string of the molecule is O=C(NCCC=Cc1ccccc1)C(Cc1cc[c]cc1)NS(=O)(=O)c1ccccc1. The highest BCUT2D eigenvalue weighted by molar-refractivity contribution is 7.89. The fraction of sp³-hybridized carbons (Fsp3) is 0.160. The van der Waals surface area contributed by atoms with Gasteiger partial charge in [-0.05, 0) is 42.2 Å². The van der Waals surface area contributed by atoms with Gasteiger partial charge in [0.05, 0.1) is 4.90 Å². The van der Waals surface area contributed by atoms with Gasteiger partial charge in [-0.15, -0.1) is 0 Å². The molecule has 3 aromatic carbocycles. The maximum atomic E-state index is 12.8. The van der Waals surface area contributed by atoms with E-state index in [2.05, 4.69) is 16.1 Å². The molecule has 0 saturated heterocycles. The Labute approximate surface area is 183 Å². The average Bonchev–Trinajstić information content (AvgIpc) is 2.80. The summed E-state index contributed by atoms with van der Waals surface area (Å²) in [4.78, 5) is 12.9. The number of nitrogens with one attached hydrogen (secondary N) is 2. The Kier molecular flexibility index (Phi) is 8.15. The lowest BCUT2D eigenvalue weighted by molar-refractivity contribution is -0.122. The molecular formula is C25H25N2O3S. The smallest absolute Gasteiger partial charge is 0.241 e. The minimum atomic E-state index is -3.83. The van der Waals surface area contributed by atoms with Gasteiger partial charge >= 0.3 is 0 Å². The van der Waals surface area contributed by atoms with Gasteiger partial charge < -0.3 is 5.32 Å². The van der Waals surface area contributed by atoms with E-state index in [1.165, 1.54) is 12.1 Å². The monoisotopic (exact) mass is 433 g/mol. The Balaban J connectivity index is 1.64. The summed E-state index contributed by atoms with van der Waals surface area (Å²) in [5, 5.41) is 2.84. The van der Waals surface area contributed by atoms with Crippen LogP contribution in [-0.4, -0.2) is 26.9 Å². The normalized spacial score (nSPS) is 12.5. The van der Waals surface area contributed by atoms with Crippen molar-refractivity contribution in [2.45, 2.75) is 23.8 Å². The Morgan fingerprint density at radius 3 is 2.26 bits per heavy atom. The largest absolute Gasteiger partial charge is 0.354 e. The average molecular weight is 434 g/mol. The highest BCUT2D eigenvalue weighted by Gasteiger charge is 2.25. The molecule has 0 bridgehead atoms. The van der Waals surface area contributed by atoms with E-state index in [1.807, 2.05) is 54.6 Å². The minimum absolute atomic E-state index is 0.125. The number of hydrogen-bond donors (Lipinski definition) is 2. The van der Waals surface area contributed by atoms with Crippen molar-refractivity contribution in [1.82, 2.24) is 10.0 Å². The van der Waals surface area contributed by atoms with Gasteiger partial charge in [0.2, 0.25) is 15.9 Å². The van der Waals surface area contributed by atoms with E-state index in [0.29, 0.717) is 13.0 Å². The molecule has 0 saturated carbocycles. The zero-order valence-corrected chi connectivity index (χ0v) is 17.9. The van der Waals surface area contributed by atoms with Crippen LogP contribution >= 0.6 is 0 Å². The molecule has 1 unspecified atom stereocenters. The van der Waals surface area contributed by atoms with Crippen molar-refractivity contribution in [3.8, 4) is 0 Å². The third kappa shape index (κ3) is 7.20. The van der Waals surface area contributed by atoms with Crippen molar-refractivity contribution in [2.24, 2.45) is 0 Å². The van der Waals surface area contributed by atoms with Crippen LogP contribution in [0.1, 0.15) is 17.5 Å². The number of hydrogen-bond acceptors (Lipinski definition) is 3. The summed E-state index contributed by atoms with van der Waals surface area (Å²) in [6.45, 7) is 0.411. The van der Waals surface area contributed by atoms with Crippen molar-refractivity contribution in [1.29, 1.82) is 0 Å². The molecule has 1 atom stereocenters. The molecule has 0 aliphatic heterocycles. The topological polar surface area (TPSA) is 75.3 Å². The summed E-state index contributed by atoms with van der Waals surface area (Å²) in [6, 6.07) is 27.1. The fourth-order valence-corrected chi connectivity index (χ4v) is 4.24. The number of amides is 1. The molecule has 0 spiro atoms. The Bertz CT molecular complexity index is 1080. The lowest BCUT2D eigenvalue weighted by Crippen LogP contribution is -2.48. The van der Waals surface area contributed by atoms with Crippen LogP contribution in [0.3, 0.4) is 0 Å². The molecular weight excluding hydrogens is 408 g/mol. The molecule has 3 rings (SSSR count). The molecule has 0 heterocycles. The summed E-state index contributed by atoms with van der Waals surface area (Å²) in [7, 11) is -3.83. The second kappa shape index (κ2) is 11.2. The number of sulfonamides is 1. The minimum Gasteiger partial charge on any atom is -0.354 e. The Morgan fingerprint density at radius 1 is 0.935 bits per heavy atom. The van der Waals surface area contributed by atoms with Gasteiger partial charge in [-0.3, -0.25) is 4.79 Å². The molecule has 159 valence electrons. The maximum Gasteiger partial charge on any atom is 0.241 e. The lowest BCUT2D eigenvalue weighted by atomic mass is 10.1. The van der Waals surface area contributed by atoms with Crippen LogP contribution in [0.2, 0.25) is 0 Å². The molecule has 1 amide bonds. The van der Waals surface area contributed by atoms with Crippen LogP contribution in [0, 0.1) is 6.07 Å². The fourth-order valence-electron chi connectivity index (χ4n) is 3.02. The standard InChI is InChI=1S/C25H25N2O3S/c28-25(26-19-11-10-14-21-12-4-1-5-13-21)24(20-22-15-6-2-7-16-22)27-31(29,30)23-17-8-3-9-18-23/h1,3-10,12-18,24,27H,11,19-20H2,(H,26,28). The Morgan fingerprint density at radius 2 is 1.58 bits per heavy atom. The van der Waals surface area contributed by atoms with Crippen LogP contribution in [0.5, 0.6) is 0 Å². The molecule has 0 aliphatic rings. The zero-order chi connectivity index (χ0) is 21.9. The van der Waals surface area contributed by atoms with E-state index < -0.39 is 16.1 Å². The molecule has 5 nitrogen and oxygen atoms in total. The molecule has 3 aromatic rings. The molecule has 1 radical (unpaired) electrons. The predicted molar refractivity (Wildman–Crippen MR) is 123 cm³/mol. The van der Waals surface area contributed by atoms with Crippen molar-refractivity contribution in [3.63, 3.8) is 0 Å². The highest BCUT2D eigenvalue weighted by Crippen LogP contribution is 2.11. The maximum absolute atomic E-state index is 12.8. The van der Waals surface area contributed by atoms with E-state index in [0.717, 1.165) is 11.1 Å². The number of benzene rings is 3. The number of carbonyl (C=O) groups is 1. The summed E-state index contributed by atoms with van der Waals surface area (Å²) in [5.74, 6) is -0.361. The first-order valence-corrected chi connectivity index (χ1v) is 11.5. The first-order chi connectivity index (χ1) is 15.0. The summed E-state index contributed by atoms with van der Waals surface area (Å²) in [6.07, 6.45) is 4.85. The van der Waals surface area contributed by atoms with Crippen molar-refractivity contribution in [2.75, 3.05) is 6.54 Å². The van der Waals surface area contributed by atoms with Crippen molar-refractivity contribution >= 4 is 22.0 Å². The van der Waals surface area contributed by atoms with Crippen LogP contribution in [0.25, 0.3) is 6.08 Å². The first kappa shape index (κ1) is 22.5. The van der Waals surface area contributed by atoms with E-state index in [1.54, 1.807) is 30.3 Å². The number of carbonyl (C=O) groups excluding carboxylic acids is 1. The van der Waals surface area contributed by atoms with Crippen LogP contribution in [-0.2, 0) is 21.2 Å². The van der Waals surface area contributed by atoms with Gasteiger partial charge in [0.25, 0.3) is 0 Å².